The standard InChI is InChI=1S/C21H19N5O2/c1-3-13-9-20(23-17-5-4-6-18-16(17)11-22-24-18)14(12(2)27)10-15(13)19-7-8-21(28)26-25-19/h4-11,23H,3H2,1-2H3,(H,22,24)(H,26,28). The van der Waals surface area contributed by atoms with E-state index in [0.717, 1.165) is 39.8 Å². The van der Waals surface area contributed by atoms with E-state index in [1.165, 1.54) is 13.0 Å². The number of aromatic nitrogens is 4. The molecule has 4 aromatic rings. The van der Waals surface area contributed by atoms with E-state index in [4.69, 9.17) is 0 Å². The highest BCUT2D eigenvalue weighted by Crippen LogP contribution is 2.32. The Bertz CT molecular complexity index is 1220. The van der Waals surface area contributed by atoms with Crippen molar-refractivity contribution < 1.29 is 4.79 Å². The van der Waals surface area contributed by atoms with Crippen LogP contribution in [0.1, 0.15) is 29.8 Å². The van der Waals surface area contributed by atoms with Crippen molar-refractivity contribution in [3.8, 4) is 11.3 Å². The molecular weight excluding hydrogens is 354 g/mol. The summed E-state index contributed by atoms with van der Waals surface area (Å²) < 4.78 is 0. The van der Waals surface area contributed by atoms with E-state index in [-0.39, 0.29) is 11.3 Å². The molecule has 0 fully saturated rings. The molecule has 4 rings (SSSR count). The second-order valence-corrected chi connectivity index (χ2v) is 6.53. The zero-order valence-electron chi connectivity index (χ0n) is 15.5. The van der Waals surface area contributed by atoms with Crippen LogP contribution in [0.4, 0.5) is 11.4 Å². The number of Topliss-reactive ketones (excluding diaryl/α,β-unsaturated/α-hetero) is 1. The van der Waals surface area contributed by atoms with Crippen LogP contribution in [-0.4, -0.2) is 26.2 Å². The molecule has 0 radical (unpaired) electrons. The fourth-order valence-corrected chi connectivity index (χ4v) is 3.29. The van der Waals surface area contributed by atoms with E-state index in [2.05, 4.69) is 25.7 Å². The molecule has 0 saturated heterocycles. The van der Waals surface area contributed by atoms with Crippen LogP contribution in [0.2, 0.25) is 0 Å². The Labute approximate surface area is 160 Å². The number of benzene rings is 2. The summed E-state index contributed by atoms with van der Waals surface area (Å²) in [6.45, 7) is 3.58. The van der Waals surface area contributed by atoms with Gasteiger partial charge >= 0.3 is 0 Å². The SMILES string of the molecule is CCc1cc(Nc2cccc3[nH]ncc23)c(C(C)=O)cc1-c1ccc(=O)[nH]n1. The van der Waals surface area contributed by atoms with Crippen LogP contribution < -0.4 is 10.9 Å². The molecule has 2 aromatic heterocycles. The lowest BCUT2D eigenvalue weighted by molar-refractivity contribution is 0.101. The van der Waals surface area contributed by atoms with E-state index >= 15 is 0 Å². The van der Waals surface area contributed by atoms with Crippen molar-refractivity contribution in [1.29, 1.82) is 0 Å². The van der Waals surface area contributed by atoms with Crippen molar-refractivity contribution in [2.75, 3.05) is 5.32 Å². The number of carbonyl (C=O) groups excluding carboxylic acids is 1. The van der Waals surface area contributed by atoms with Crippen molar-refractivity contribution in [2.45, 2.75) is 20.3 Å². The first-order valence-corrected chi connectivity index (χ1v) is 9.00. The Morgan fingerprint density at radius 2 is 1.96 bits per heavy atom. The van der Waals surface area contributed by atoms with Gasteiger partial charge in [-0.15, -0.1) is 0 Å². The van der Waals surface area contributed by atoms with Crippen LogP contribution in [0.15, 0.2) is 53.5 Å². The number of nitrogens with one attached hydrogen (secondary N) is 3. The number of rotatable bonds is 5. The Kier molecular flexibility index (Phi) is 4.49. The van der Waals surface area contributed by atoms with Crippen molar-refractivity contribution in [2.24, 2.45) is 0 Å². The molecular formula is C21H19N5O2. The number of ketones is 1. The molecule has 0 amide bonds. The first kappa shape index (κ1) is 17.7. The van der Waals surface area contributed by atoms with E-state index in [0.29, 0.717) is 11.3 Å². The molecule has 0 aliphatic heterocycles. The normalized spacial score (nSPS) is 10.9. The lowest BCUT2D eigenvalue weighted by Gasteiger charge is -2.16. The predicted octanol–water partition coefficient (Wildman–Crippen LogP) is 3.82. The third-order valence-electron chi connectivity index (χ3n) is 4.71. The van der Waals surface area contributed by atoms with Gasteiger partial charge in [0, 0.05) is 34.0 Å². The molecule has 0 atom stereocenters. The highest BCUT2D eigenvalue weighted by Gasteiger charge is 2.16. The van der Waals surface area contributed by atoms with Gasteiger partial charge in [0.25, 0.3) is 5.56 Å². The van der Waals surface area contributed by atoms with Gasteiger partial charge in [-0.3, -0.25) is 14.7 Å². The maximum absolute atomic E-state index is 12.4. The lowest BCUT2D eigenvalue weighted by Crippen LogP contribution is -2.08. The number of hydrogen-bond acceptors (Lipinski definition) is 5. The van der Waals surface area contributed by atoms with Gasteiger partial charge in [0.05, 0.1) is 17.4 Å². The molecule has 0 aliphatic rings. The fourth-order valence-electron chi connectivity index (χ4n) is 3.29. The Balaban J connectivity index is 1.85. The summed E-state index contributed by atoms with van der Waals surface area (Å²) in [4.78, 5) is 23.7. The van der Waals surface area contributed by atoms with Crippen molar-refractivity contribution in [1.82, 2.24) is 20.4 Å². The van der Waals surface area contributed by atoms with Crippen LogP contribution >= 0.6 is 0 Å². The van der Waals surface area contributed by atoms with Crippen LogP contribution in [0, 0.1) is 0 Å². The molecule has 0 saturated carbocycles. The van der Waals surface area contributed by atoms with Gasteiger partial charge in [0.1, 0.15) is 0 Å². The van der Waals surface area contributed by atoms with E-state index in [1.54, 1.807) is 12.3 Å². The number of aromatic amines is 2. The summed E-state index contributed by atoms with van der Waals surface area (Å²) >= 11 is 0. The van der Waals surface area contributed by atoms with Gasteiger partial charge in [-0.25, -0.2) is 5.10 Å². The lowest BCUT2D eigenvalue weighted by atomic mass is 9.96. The highest BCUT2D eigenvalue weighted by atomic mass is 16.1. The minimum Gasteiger partial charge on any atom is -0.354 e. The van der Waals surface area contributed by atoms with E-state index in [9.17, 15) is 9.59 Å². The Morgan fingerprint density at radius 3 is 2.68 bits per heavy atom. The maximum atomic E-state index is 12.4. The number of carbonyl (C=O) groups is 1. The van der Waals surface area contributed by atoms with Crippen LogP contribution in [0.25, 0.3) is 22.2 Å². The minimum atomic E-state index is -0.264. The molecule has 2 aromatic carbocycles. The second kappa shape index (κ2) is 7.11. The molecule has 0 spiro atoms. The summed E-state index contributed by atoms with van der Waals surface area (Å²) in [5.41, 5.74) is 5.28. The monoisotopic (exact) mass is 373 g/mol. The van der Waals surface area contributed by atoms with Gasteiger partial charge in [-0.05, 0) is 49.2 Å². The average molecular weight is 373 g/mol. The smallest absolute Gasteiger partial charge is 0.264 e. The maximum Gasteiger partial charge on any atom is 0.264 e. The number of aryl methyl sites for hydroxylation is 1. The molecule has 140 valence electrons. The summed E-state index contributed by atoms with van der Waals surface area (Å²) in [6, 6.07) is 12.7. The first-order chi connectivity index (χ1) is 13.6. The fraction of sp³-hybridized carbons (Fsp3) is 0.143. The van der Waals surface area contributed by atoms with Gasteiger partial charge in [-0.1, -0.05) is 13.0 Å². The second-order valence-electron chi connectivity index (χ2n) is 6.53. The van der Waals surface area contributed by atoms with Crippen LogP contribution in [0.5, 0.6) is 0 Å². The molecule has 28 heavy (non-hydrogen) atoms. The number of anilines is 2. The van der Waals surface area contributed by atoms with Gasteiger partial charge in [-0.2, -0.15) is 10.2 Å². The topological polar surface area (TPSA) is 104 Å². The number of fused-ring (bicyclic) bond motifs is 1. The summed E-state index contributed by atoms with van der Waals surface area (Å²) in [5.74, 6) is -0.0600. The van der Waals surface area contributed by atoms with Crippen molar-refractivity contribution in [3.05, 3.63) is 70.1 Å². The molecule has 0 bridgehead atoms. The molecule has 7 heteroatoms. The zero-order valence-corrected chi connectivity index (χ0v) is 15.5. The highest BCUT2D eigenvalue weighted by molar-refractivity contribution is 6.03. The number of nitrogens with zero attached hydrogens (tertiary/aromatic N) is 2. The van der Waals surface area contributed by atoms with Gasteiger partial charge in [0.15, 0.2) is 5.78 Å². The van der Waals surface area contributed by atoms with E-state index in [1.807, 2.05) is 37.3 Å². The zero-order chi connectivity index (χ0) is 19.7. The predicted molar refractivity (Wildman–Crippen MR) is 109 cm³/mol. The van der Waals surface area contributed by atoms with Gasteiger partial charge < -0.3 is 5.32 Å². The minimum absolute atomic E-state index is 0.0600. The Hall–Kier alpha value is -3.74. The summed E-state index contributed by atoms with van der Waals surface area (Å²) in [5, 5.41) is 17.9. The molecule has 2 heterocycles. The molecule has 0 aliphatic carbocycles. The third-order valence-corrected chi connectivity index (χ3v) is 4.71. The van der Waals surface area contributed by atoms with E-state index < -0.39 is 0 Å². The third kappa shape index (κ3) is 3.18. The number of hydrogen-bond donors (Lipinski definition) is 3. The van der Waals surface area contributed by atoms with Crippen LogP contribution in [0.3, 0.4) is 0 Å². The largest absolute Gasteiger partial charge is 0.354 e. The molecule has 3 N–H and O–H groups in total. The first-order valence-electron chi connectivity index (χ1n) is 9.00. The summed E-state index contributed by atoms with van der Waals surface area (Å²) in [6.07, 6.45) is 2.50. The van der Waals surface area contributed by atoms with Crippen LogP contribution in [-0.2, 0) is 6.42 Å². The van der Waals surface area contributed by atoms with Crippen molar-refractivity contribution >= 4 is 28.1 Å². The summed E-state index contributed by atoms with van der Waals surface area (Å²) in [7, 11) is 0. The molecule has 7 nitrogen and oxygen atoms in total. The van der Waals surface area contributed by atoms with Gasteiger partial charge in [0.2, 0.25) is 0 Å². The Morgan fingerprint density at radius 1 is 1.11 bits per heavy atom. The average Bonchev–Trinajstić information content (AvgIpc) is 3.18. The number of H-pyrrole nitrogens is 2. The van der Waals surface area contributed by atoms with Crippen molar-refractivity contribution in [3.63, 3.8) is 0 Å². The quantitative estimate of drug-likeness (QED) is 0.461. The molecule has 0 unspecified atom stereocenters.